The van der Waals surface area contributed by atoms with E-state index in [1.807, 2.05) is 0 Å². The van der Waals surface area contributed by atoms with Crippen LogP contribution >= 0.6 is 0 Å². The maximum atomic E-state index is 13.2. The van der Waals surface area contributed by atoms with Gasteiger partial charge in [-0.2, -0.15) is 0 Å². The lowest BCUT2D eigenvalue weighted by molar-refractivity contribution is 0.468. The number of hydrogen-bond acceptors (Lipinski definition) is 4. The Kier molecular flexibility index (Phi) is 4.47. The van der Waals surface area contributed by atoms with E-state index in [2.05, 4.69) is 5.32 Å². The molecule has 0 bridgehead atoms. The Morgan fingerprint density at radius 1 is 1.19 bits per heavy atom. The first-order chi connectivity index (χ1) is 9.92. The lowest BCUT2D eigenvalue weighted by Crippen LogP contribution is -2.09. The van der Waals surface area contributed by atoms with Crippen molar-refractivity contribution in [3.63, 3.8) is 0 Å². The minimum atomic E-state index is -3.34. The van der Waals surface area contributed by atoms with E-state index in [1.54, 1.807) is 25.1 Å². The number of benzene rings is 2. The van der Waals surface area contributed by atoms with Gasteiger partial charge in [0.2, 0.25) is 0 Å². The molecule has 0 heterocycles. The first-order valence-corrected chi connectivity index (χ1v) is 8.11. The molecule has 0 saturated carbocycles. The lowest BCUT2D eigenvalue weighted by atomic mass is 10.2. The molecule has 0 radical (unpaired) electrons. The summed E-state index contributed by atoms with van der Waals surface area (Å²) in [5.41, 5.74) is 0.985. The number of aromatic hydroxyl groups is 1. The zero-order chi connectivity index (χ0) is 15.5. The molecule has 2 rings (SSSR count). The molecule has 0 aliphatic heterocycles. The highest BCUT2D eigenvalue weighted by Crippen LogP contribution is 2.23. The van der Waals surface area contributed by atoms with Crippen molar-refractivity contribution in [2.24, 2.45) is 0 Å². The molecular formula is C15H16FNO3S. The van der Waals surface area contributed by atoms with Gasteiger partial charge < -0.3 is 10.4 Å². The van der Waals surface area contributed by atoms with Gasteiger partial charge in [-0.3, -0.25) is 0 Å². The van der Waals surface area contributed by atoms with Gasteiger partial charge in [0.25, 0.3) is 0 Å². The summed E-state index contributed by atoms with van der Waals surface area (Å²) in [6.45, 7) is 1.79. The van der Waals surface area contributed by atoms with Gasteiger partial charge in [0.05, 0.1) is 16.3 Å². The van der Waals surface area contributed by atoms with E-state index in [1.165, 1.54) is 18.2 Å². The third kappa shape index (κ3) is 3.72. The number of anilines is 1. The molecule has 2 aromatic carbocycles. The van der Waals surface area contributed by atoms with Crippen LogP contribution in [0.25, 0.3) is 0 Å². The summed E-state index contributed by atoms with van der Waals surface area (Å²) in [6, 6.07) is 10.3. The predicted molar refractivity (Wildman–Crippen MR) is 79.6 cm³/mol. The maximum Gasteiger partial charge on any atom is 0.180 e. The monoisotopic (exact) mass is 309 g/mol. The van der Waals surface area contributed by atoms with E-state index < -0.39 is 15.7 Å². The fourth-order valence-electron chi connectivity index (χ4n) is 1.97. The highest BCUT2D eigenvalue weighted by molar-refractivity contribution is 7.91. The standard InChI is InChI=1S/C15H16FNO3S/c1-2-21(19,20)15-6-4-3-5-14(15)17-10-11-7-12(16)9-13(18)8-11/h3-9,17-18H,2,10H2,1H3. The molecule has 0 unspecified atom stereocenters. The van der Waals surface area contributed by atoms with Crippen LogP contribution in [-0.2, 0) is 16.4 Å². The summed E-state index contributed by atoms with van der Waals surface area (Å²) in [5, 5.41) is 12.3. The van der Waals surface area contributed by atoms with Gasteiger partial charge in [-0.1, -0.05) is 19.1 Å². The van der Waals surface area contributed by atoms with Crippen molar-refractivity contribution in [1.82, 2.24) is 0 Å². The van der Waals surface area contributed by atoms with Crippen LogP contribution in [0, 0.1) is 5.82 Å². The molecule has 0 spiro atoms. The minimum Gasteiger partial charge on any atom is -0.508 e. The van der Waals surface area contributed by atoms with Crippen molar-refractivity contribution in [2.75, 3.05) is 11.1 Å². The van der Waals surface area contributed by atoms with Crippen LogP contribution in [0.5, 0.6) is 5.75 Å². The summed E-state index contributed by atoms with van der Waals surface area (Å²) < 4.78 is 37.2. The van der Waals surface area contributed by atoms with Gasteiger partial charge >= 0.3 is 0 Å². The molecule has 0 atom stereocenters. The second-order valence-electron chi connectivity index (χ2n) is 4.57. The highest BCUT2D eigenvalue weighted by Gasteiger charge is 2.15. The Labute approximate surface area is 123 Å². The molecule has 0 aliphatic carbocycles. The van der Waals surface area contributed by atoms with Crippen molar-refractivity contribution in [1.29, 1.82) is 0 Å². The van der Waals surface area contributed by atoms with E-state index in [9.17, 15) is 17.9 Å². The minimum absolute atomic E-state index is 0.00640. The van der Waals surface area contributed by atoms with Crippen molar-refractivity contribution in [3.8, 4) is 5.75 Å². The maximum absolute atomic E-state index is 13.2. The first-order valence-electron chi connectivity index (χ1n) is 6.46. The highest BCUT2D eigenvalue weighted by atomic mass is 32.2. The average Bonchev–Trinajstić information content (AvgIpc) is 2.44. The van der Waals surface area contributed by atoms with Crippen molar-refractivity contribution in [3.05, 3.63) is 53.8 Å². The van der Waals surface area contributed by atoms with E-state index >= 15 is 0 Å². The normalized spacial score (nSPS) is 11.3. The number of phenolic OH excluding ortho intramolecular Hbond substituents is 1. The lowest BCUT2D eigenvalue weighted by Gasteiger charge is -2.12. The summed E-state index contributed by atoms with van der Waals surface area (Å²) in [5.74, 6) is -0.700. The van der Waals surface area contributed by atoms with Gasteiger partial charge in [0.15, 0.2) is 9.84 Å². The van der Waals surface area contributed by atoms with Crippen LogP contribution in [0.2, 0.25) is 0 Å². The van der Waals surface area contributed by atoms with Crippen molar-refractivity contribution in [2.45, 2.75) is 18.4 Å². The van der Waals surface area contributed by atoms with Crippen LogP contribution < -0.4 is 5.32 Å². The van der Waals surface area contributed by atoms with Crippen LogP contribution in [-0.4, -0.2) is 19.3 Å². The first kappa shape index (κ1) is 15.3. The van der Waals surface area contributed by atoms with E-state index in [0.717, 1.165) is 6.07 Å². The number of rotatable bonds is 5. The molecule has 0 amide bonds. The molecular weight excluding hydrogens is 293 g/mol. The zero-order valence-electron chi connectivity index (χ0n) is 11.5. The Morgan fingerprint density at radius 3 is 2.57 bits per heavy atom. The molecule has 2 N–H and O–H groups in total. The van der Waals surface area contributed by atoms with Gasteiger partial charge in [0, 0.05) is 12.6 Å². The van der Waals surface area contributed by atoms with Gasteiger partial charge in [-0.05, 0) is 29.8 Å². The number of phenols is 1. The van der Waals surface area contributed by atoms with Gasteiger partial charge in [-0.25, -0.2) is 12.8 Å². The largest absolute Gasteiger partial charge is 0.508 e. The molecule has 21 heavy (non-hydrogen) atoms. The topological polar surface area (TPSA) is 66.4 Å². The predicted octanol–water partition coefficient (Wildman–Crippen LogP) is 2.94. The SMILES string of the molecule is CCS(=O)(=O)c1ccccc1NCc1cc(O)cc(F)c1. The third-order valence-corrected chi connectivity index (χ3v) is 4.81. The molecule has 0 saturated heterocycles. The van der Waals surface area contributed by atoms with Crippen LogP contribution in [0.1, 0.15) is 12.5 Å². The van der Waals surface area contributed by atoms with Crippen LogP contribution in [0.3, 0.4) is 0 Å². The Balaban J connectivity index is 2.25. The Bertz CT molecular complexity index is 724. The number of halogens is 1. The molecule has 0 aromatic heterocycles. The van der Waals surface area contributed by atoms with E-state index in [-0.39, 0.29) is 22.9 Å². The fourth-order valence-corrected chi connectivity index (χ4v) is 3.04. The summed E-state index contributed by atoms with van der Waals surface area (Å²) in [4.78, 5) is 0.216. The fraction of sp³-hybridized carbons (Fsp3) is 0.200. The number of nitrogens with one attached hydrogen (secondary N) is 1. The number of para-hydroxylation sites is 1. The second-order valence-corrected chi connectivity index (χ2v) is 6.82. The summed E-state index contributed by atoms with van der Waals surface area (Å²) >= 11 is 0. The number of sulfone groups is 1. The quantitative estimate of drug-likeness (QED) is 0.891. The smallest absolute Gasteiger partial charge is 0.180 e. The molecule has 112 valence electrons. The van der Waals surface area contributed by atoms with Crippen molar-refractivity contribution < 1.29 is 17.9 Å². The van der Waals surface area contributed by atoms with E-state index in [4.69, 9.17) is 0 Å². The molecule has 0 aliphatic rings. The van der Waals surface area contributed by atoms with Gasteiger partial charge in [-0.15, -0.1) is 0 Å². The van der Waals surface area contributed by atoms with Crippen LogP contribution in [0.15, 0.2) is 47.4 Å². The third-order valence-electron chi connectivity index (χ3n) is 3.03. The Morgan fingerprint density at radius 2 is 1.90 bits per heavy atom. The Hall–Kier alpha value is -2.08. The summed E-state index contributed by atoms with van der Waals surface area (Å²) in [7, 11) is -3.34. The average molecular weight is 309 g/mol. The van der Waals surface area contributed by atoms with Crippen molar-refractivity contribution >= 4 is 15.5 Å². The number of hydrogen-bond donors (Lipinski definition) is 2. The molecule has 4 nitrogen and oxygen atoms in total. The molecule has 6 heteroatoms. The molecule has 2 aromatic rings. The van der Waals surface area contributed by atoms with E-state index in [0.29, 0.717) is 11.3 Å². The second kappa shape index (κ2) is 6.13. The summed E-state index contributed by atoms with van der Waals surface area (Å²) in [6.07, 6.45) is 0. The zero-order valence-corrected chi connectivity index (χ0v) is 12.3. The van der Waals surface area contributed by atoms with Gasteiger partial charge in [0.1, 0.15) is 11.6 Å². The van der Waals surface area contributed by atoms with Crippen LogP contribution in [0.4, 0.5) is 10.1 Å². The molecule has 0 fully saturated rings.